The predicted molar refractivity (Wildman–Crippen MR) is 136 cm³/mol. The second kappa shape index (κ2) is 10.6. The fourth-order valence-corrected chi connectivity index (χ4v) is 5.72. The van der Waals surface area contributed by atoms with Gasteiger partial charge in [0, 0.05) is 37.5 Å². The third-order valence-electron chi connectivity index (χ3n) is 7.45. The van der Waals surface area contributed by atoms with E-state index in [4.69, 9.17) is 27.1 Å². The number of alkyl halides is 5. The number of hydrogen-bond acceptors (Lipinski definition) is 6. The molecule has 214 valence electrons. The highest BCUT2D eigenvalue weighted by molar-refractivity contribution is 6.34. The van der Waals surface area contributed by atoms with Crippen molar-refractivity contribution in [1.82, 2.24) is 14.5 Å². The smallest absolute Gasteiger partial charge is 0.370 e. The zero-order valence-electron chi connectivity index (χ0n) is 21.6. The average molecular weight is 577 g/mol. The number of amides is 1. The van der Waals surface area contributed by atoms with E-state index in [1.807, 2.05) is 0 Å². The van der Waals surface area contributed by atoms with Crippen LogP contribution < -0.4 is 11.1 Å². The zero-order chi connectivity index (χ0) is 28.8. The predicted octanol–water partition coefficient (Wildman–Crippen LogP) is 5.38. The van der Waals surface area contributed by atoms with Gasteiger partial charge in [-0.15, -0.1) is 0 Å². The highest BCUT2D eigenvalue weighted by Gasteiger charge is 2.48. The Balaban J connectivity index is 1.60. The number of carbonyl (C=O) groups is 1. The van der Waals surface area contributed by atoms with Gasteiger partial charge < -0.3 is 25.3 Å². The van der Waals surface area contributed by atoms with Crippen LogP contribution in [0.1, 0.15) is 55.6 Å². The molecule has 2 aliphatic rings. The summed E-state index contributed by atoms with van der Waals surface area (Å²) in [7, 11) is 1.50. The number of rotatable bonds is 6. The van der Waals surface area contributed by atoms with Crippen molar-refractivity contribution in [2.45, 2.75) is 76.0 Å². The molecule has 1 aromatic heterocycles. The Kier molecular flexibility index (Phi) is 7.87. The summed E-state index contributed by atoms with van der Waals surface area (Å²) in [6, 6.07) is 4.56. The van der Waals surface area contributed by atoms with E-state index in [0.29, 0.717) is 10.1 Å². The molecule has 4 atom stereocenters. The maximum absolute atomic E-state index is 14.1. The van der Waals surface area contributed by atoms with Gasteiger partial charge in [0.05, 0.1) is 28.8 Å². The van der Waals surface area contributed by atoms with Crippen LogP contribution in [-0.2, 0) is 16.8 Å². The molecule has 8 nitrogen and oxygen atoms in total. The van der Waals surface area contributed by atoms with E-state index in [1.54, 1.807) is 24.0 Å². The molecule has 2 aromatic rings. The van der Waals surface area contributed by atoms with Crippen molar-refractivity contribution in [2.75, 3.05) is 12.4 Å². The van der Waals surface area contributed by atoms with Crippen molar-refractivity contribution in [2.24, 2.45) is 16.6 Å². The highest BCUT2D eigenvalue weighted by atomic mass is 35.5. The summed E-state index contributed by atoms with van der Waals surface area (Å²) < 4.78 is 73.3. The molecule has 0 saturated heterocycles. The maximum Gasteiger partial charge on any atom is 0.406 e. The molecule has 0 spiro atoms. The molecule has 1 fully saturated rings. The molecular formula is C25H30ClF5N6O2. The van der Waals surface area contributed by atoms with E-state index in [9.17, 15) is 26.7 Å². The van der Waals surface area contributed by atoms with Crippen LogP contribution in [0.2, 0.25) is 5.02 Å². The maximum atomic E-state index is 14.1. The van der Waals surface area contributed by atoms with Crippen LogP contribution in [0, 0.1) is 5.92 Å². The topological polar surface area (TPSA) is 97.8 Å². The van der Waals surface area contributed by atoms with Crippen molar-refractivity contribution in [3.63, 3.8) is 0 Å². The lowest BCUT2D eigenvalue weighted by Gasteiger charge is -2.48. The minimum absolute atomic E-state index is 0.125. The summed E-state index contributed by atoms with van der Waals surface area (Å²) in [5.41, 5.74) is 5.75. The number of anilines is 1. The Morgan fingerprint density at radius 2 is 2.05 bits per heavy atom. The number of benzene rings is 1. The van der Waals surface area contributed by atoms with Gasteiger partial charge in [-0.2, -0.15) is 13.2 Å². The number of ether oxygens (including phenoxy) is 1. The molecule has 39 heavy (non-hydrogen) atoms. The number of halogens is 6. The van der Waals surface area contributed by atoms with Crippen LogP contribution in [0.5, 0.6) is 0 Å². The summed E-state index contributed by atoms with van der Waals surface area (Å²) in [6.07, 6.45) is -2.68. The van der Waals surface area contributed by atoms with Gasteiger partial charge in [0.1, 0.15) is 18.5 Å². The van der Waals surface area contributed by atoms with E-state index in [0.717, 1.165) is 12.5 Å². The van der Waals surface area contributed by atoms with Crippen molar-refractivity contribution in [1.29, 1.82) is 0 Å². The van der Waals surface area contributed by atoms with E-state index in [-0.39, 0.29) is 54.1 Å². The third-order valence-corrected chi connectivity index (χ3v) is 7.86. The molecule has 2 heterocycles. The Labute approximate surface area is 227 Å². The molecule has 4 rings (SSSR count). The quantitative estimate of drug-likeness (QED) is 0.450. The lowest BCUT2D eigenvalue weighted by Crippen LogP contribution is -2.59. The van der Waals surface area contributed by atoms with Gasteiger partial charge in [0.15, 0.2) is 5.96 Å². The van der Waals surface area contributed by atoms with Crippen LogP contribution >= 0.6 is 11.6 Å². The number of methoxy groups -OCH3 is 1. The normalized spacial score (nSPS) is 27.3. The number of hydrogen-bond donors (Lipinski definition) is 2. The van der Waals surface area contributed by atoms with Crippen molar-refractivity contribution in [3.8, 4) is 0 Å². The van der Waals surface area contributed by atoms with Crippen LogP contribution in [0.25, 0.3) is 0 Å². The fraction of sp³-hybridized carbons (Fsp3) is 0.560. The Morgan fingerprint density at radius 1 is 1.33 bits per heavy atom. The Hall–Kier alpha value is -2.93. The third kappa shape index (κ3) is 5.98. The molecule has 1 saturated carbocycles. The van der Waals surface area contributed by atoms with Gasteiger partial charge in [-0.3, -0.25) is 4.79 Å². The molecular weight excluding hydrogens is 547 g/mol. The van der Waals surface area contributed by atoms with Gasteiger partial charge in [0.25, 0.3) is 11.8 Å². The summed E-state index contributed by atoms with van der Waals surface area (Å²) in [6.45, 7) is 1.93. The average Bonchev–Trinajstić information content (AvgIpc) is 3.28. The fourth-order valence-electron chi connectivity index (χ4n) is 5.35. The molecule has 1 amide bonds. The summed E-state index contributed by atoms with van der Waals surface area (Å²) in [5.74, 6) is -4.26. The van der Waals surface area contributed by atoms with Crippen LogP contribution in [0.3, 0.4) is 0 Å². The van der Waals surface area contributed by atoms with Crippen molar-refractivity contribution >= 4 is 29.2 Å². The largest absolute Gasteiger partial charge is 0.406 e. The number of nitrogens with zero attached hydrogens (tertiary/aromatic N) is 4. The van der Waals surface area contributed by atoms with Crippen molar-refractivity contribution < 1.29 is 31.5 Å². The Bertz CT molecular complexity index is 1250. The summed E-state index contributed by atoms with van der Waals surface area (Å²) in [4.78, 5) is 22.9. The molecule has 3 N–H and O–H groups in total. The minimum atomic E-state index is -4.54. The van der Waals surface area contributed by atoms with Crippen LogP contribution in [-0.4, -0.2) is 57.8 Å². The SMILES string of the molecule is COC1C[C@@](C)(c2cccc(NC(=O)c3cncn3CC(F)(F)F)c2Cl)N=C(N)N1C1CCC(F)(F)C(C)C1. The monoisotopic (exact) mass is 576 g/mol. The van der Waals surface area contributed by atoms with E-state index < -0.39 is 42.2 Å². The molecule has 3 unspecified atom stereocenters. The first-order valence-electron chi connectivity index (χ1n) is 12.4. The first kappa shape index (κ1) is 29.1. The minimum Gasteiger partial charge on any atom is -0.370 e. The van der Waals surface area contributed by atoms with E-state index in [1.165, 1.54) is 20.1 Å². The zero-order valence-corrected chi connectivity index (χ0v) is 22.4. The number of nitrogens with one attached hydrogen (secondary N) is 1. The highest BCUT2D eigenvalue weighted by Crippen LogP contribution is 2.45. The number of guanidine groups is 1. The standard InChI is InChI=1S/C25H30ClF5N6O2/c1-14-9-15(7-8-24(14,27)28)37-19(39-3)10-23(2,35-22(37)32)16-5-4-6-17(20(16)26)34-21(38)18-11-33-13-36(18)12-25(29,30)31/h4-6,11,13-15,19H,7-10,12H2,1-3H3,(H2,32,35)(H,34,38)/t14?,15?,19?,23-/m0/s1. The second-order valence-electron chi connectivity index (χ2n) is 10.3. The number of aromatic nitrogens is 2. The van der Waals surface area contributed by atoms with Crippen LogP contribution in [0.4, 0.5) is 27.6 Å². The Morgan fingerprint density at radius 3 is 2.69 bits per heavy atom. The van der Waals surface area contributed by atoms with Crippen LogP contribution in [0.15, 0.2) is 35.7 Å². The van der Waals surface area contributed by atoms with Gasteiger partial charge in [-0.25, -0.2) is 18.8 Å². The lowest BCUT2D eigenvalue weighted by atomic mass is 9.81. The van der Waals surface area contributed by atoms with Gasteiger partial charge >= 0.3 is 6.18 Å². The number of imidazole rings is 1. The number of carbonyl (C=O) groups excluding carboxylic acids is 1. The molecule has 14 heteroatoms. The lowest BCUT2D eigenvalue weighted by molar-refractivity contribution is -0.140. The molecule has 1 aliphatic carbocycles. The first-order valence-corrected chi connectivity index (χ1v) is 12.7. The second-order valence-corrected chi connectivity index (χ2v) is 10.7. The van der Waals surface area contributed by atoms with E-state index >= 15 is 0 Å². The van der Waals surface area contributed by atoms with Gasteiger partial charge in [0.2, 0.25) is 0 Å². The van der Waals surface area contributed by atoms with Gasteiger partial charge in [-0.05, 0) is 25.8 Å². The van der Waals surface area contributed by atoms with Gasteiger partial charge in [-0.1, -0.05) is 30.7 Å². The molecule has 1 aromatic carbocycles. The molecule has 0 bridgehead atoms. The number of nitrogens with two attached hydrogens (primary N) is 1. The molecule has 1 aliphatic heterocycles. The van der Waals surface area contributed by atoms with Crippen molar-refractivity contribution in [3.05, 3.63) is 47.0 Å². The van der Waals surface area contributed by atoms with E-state index in [2.05, 4.69) is 10.3 Å². The first-order chi connectivity index (χ1) is 18.1. The number of aliphatic imine (C=N–C) groups is 1. The summed E-state index contributed by atoms with van der Waals surface area (Å²) >= 11 is 6.69. The summed E-state index contributed by atoms with van der Waals surface area (Å²) in [5, 5.41) is 2.68. The molecule has 0 radical (unpaired) electrons.